The van der Waals surface area contributed by atoms with E-state index in [1.165, 1.54) is 11.0 Å². The second-order valence-corrected chi connectivity index (χ2v) is 6.84. The minimum atomic E-state index is -1.00. The first-order valence-corrected chi connectivity index (χ1v) is 8.47. The molecule has 0 aromatic carbocycles. The SMILES string of the molecule is CN1CCN(c2ncccc2F)C[C@@]12CCC(=O)N(CC(=O)O)CC2. The van der Waals surface area contributed by atoms with Crippen molar-refractivity contribution in [3.63, 3.8) is 0 Å². The predicted octanol–water partition coefficient (Wildman–Crippen LogP) is 0.808. The minimum Gasteiger partial charge on any atom is -0.480 e. The molecule has 1 aromatic rings. The number of piperazine rings is 1. The molecule has 1 atom stereocenters. The number of likely N-dealkylation sites (N-methyl/N-ethyl adjacent to an activating group) is 1. The van der Waals surface area contributed by atoms with Crippen LogP contribution in [-0.4, -0.2) is 77.1 Å². The number of anilines is 1. The normalized spacial score (nSPS) is 25.3. The molecule has 0 bridgehead atoms. The van der Waals surface area contributed by atoms with E-state index in [0.29, 0.717) is 44.7 Å². The Kier molecular flexibility index (Phi) is 4.89. The van der Waals surface area contributed by atoms with Gasteiger partial charge in [-0.25, -0.2) is 9.37 Å². The lowest BCUT2D eigenvalue weighted by Gasteiger charge is -2.49. The first-order chi connectivity index (χ1) is 11.9. The fourth-order valence-corrected chi connectivity index (χ4v) is 3.81. The average molecular weight is 350 g/mol. The first kappa shape index (κ1) is 17.6. The molecule has 2 fully saturated rings. The molecule has 1 spiro atoms. The molecule has 3 heterocycles. The van der Waals surface area contributed by atoms with Crippen molar-refractivity contribution in [3.8, 4) is 0 Å². The molecule has 0 aliphatic carbocycles. The smallest absolute Gasteiger partial charge is 0.323 e. The Balaban J connectivity index is 1.80. The van der Waals surface area contributed by atoms with Gasteiger partial charge in [-0.1, -0.05) is 0 Å². The molecule has 8 heteroatoms. The number of aromatic nitrogens is 1. The maximum Gasteiger partial charge on any atom is 0.323 e. The number of rotatable bonds is 3. The second-order valence-electron chi connectivity index (χ2n) is 6.84. The number of carbonyl (C=O) groups excluding carboxylic acids is 1. The molecule has 136 valence electrons. The van der Waals surface area contributed by atoms with Crippen molar-refractivity contribution in [2.24, 2.45) is 0 Å². The Morgan fingerprint density at radius 3 is 2.88 bits per heavy atom. The van der Waals surface area contributed by atoms with Gasteiger partial charge in [-0.3, -0.25) is 14.5 Å². The quantitative estimate of drug-likeness (QED) is 0.869. The lowest BCUT2D eigenvalue weighted by atomic mass is 9.86. The summed E-state index contributed by atoms with van der Waals surface area (Å²) in [6.45, 7) is 2.11. The van der Waals surface area contributed by atoms with Crippen LogP contribution in [0.2, 0.25) is 0 Å². The number of nitrogens with zero attached hydrogens (tertiary/aromatic N) is 4. The van der Waals surface area contributed by atoms with Gasteiger partial charge in [0.2, 0.25) is 5.91 Å². The molecule has 7 nitrogen and oxygen atoms in total. The summed E-state index contributed by atoms with van der Waals surface area (Å²) in [5.74, 6) is -1.14. The van der Waals surface area contributed by atoms with Crippen molar-refractivity contribution in [2.45, 2.75) is 24.8 Å². The number of hydrogen-bond acceptors (Lipinski definition) is 5. The molecule has 0 saturated carbocycles. The zero-order valence-corrected chi connectivity index (χ0v) is 14.3. The summed E-state index contributed by atoms with van der Waals surface area (Å²) in [6.07, 6.45) is 3.17. The standard InChI is InChI=1S/C17H23FN4O3/c1-20-9-10-22(16-13(18)3-2-7-19-16)12-17(20)5-4-14(23)21(8-6-17)11-15(24)25/h2-3,7H,4-6,8-12H2,1H3,(H,24,25)/t17-/m0/s1. The number of likely N-dealkylation sites (tertiary alicyclic amines) is 1. The number of halogens is 1. The van der Waals surface area contributed by atoms with Crippen molar-refractivity contribution in [2.75, 3.05) is 44.7 Å². The number of pyridine rings is 1. The molecule has 1 aromatic heterocycles. The molecule has 0 radical (unpaired) electrons. The largest absolute Gasteiger partial charge is 0.480 e. The Morgan fingerprint density at radius 1 is 1.36 bits per heavy atom. The van der Waals surface area contributed by atoms with Gasteiger partial charge < -0.3 is 14.9 Å². The zero-order valence-electron chi connectivity index (χ0n) is 14.3. The van der Waals surface area contributed by atoms with E-state index in [9.17, 15) is 14.0 Å². The van der Waals surface area contributed by atoms with Gasteiger partial charge in [-0.2, -0.15) is 0 Å². The predicted molar refractivity (Wildman–Crippen MR) is 89.8 cm³/mol. The van der Waals surface area contributed by atoms with Crippen LogP contribution in [0, 0.1) is 5.82 Å². The van der Waals surface area contributed by atoms with E-state index >= 15 is 0 Å². The van der Waals surface area contributed by atoms with Crippen molar-refractivity contribution < 1.29 is 19.1 Å². The molecule has 2 aliphatic heterocycles. The lowest BCUT2D eigenvalue weighted by Crippen LogP contribution is -2.61. The molecule has 2 saturated heterocycles. The summed E-state index contributed by atoms with van der Waals surface area (Å²) >= 11 is 0. The van der Waals surface area contributed by atoms with Crippen LogP contribution in [0.3, 0.4) is 0 Å². The van der Waals surface area contributed by atoms with E-state index in [0.717, 1.165) is 6.54 Å². The molecule has 2 aliphatic rings. The van der Waals surface area contributed by atoms with Gasteiger partial charge in [0.1, 0.15) is 6.54 Å². The van der Waals surface area contributed by atoms with Gasteiger partial charge in [0, 0.05) is 44.3 Å². The van der Waals surface area contributed by atoms with Gasteiger partial charge >= 0.3 is 5.97 Å². The number of hydrogen-bond donors (Lipinski definition) is 1. The highest BCUT2D eigenvalue weighted by atomic mass is 19.1. The van der Waals surface area contributed by atoms with Crippen LogP contribution < -0.4 is 4.90 Å². The number of carboxylic acids is 1. The van der Waals surface area contributed by atoms with Crippen LogP contribution in [0.25, 0.3) is 0 Å². The molecule has 1 N–H and O–H groups in total. The van der Waals surface area contributed by atoms with Crippen LogP contribution in [0.5, 0.6) is 0 Å². The number of aliphatic carboxylic acids is 1. The van der Waals surface area contributed by atoms with Crippen LogP contribution in [0.1, 0.15) is 19.3 Å². The maximum absolute atomic E-state index is 14.1. The van der Waals surface area contributed by atoms with E-state index in [4.69, 9.17) is 5.11 Å². The topological polar surface area (TPSA) is 77.0 Å². The molecule has 1 amide bonds. The maximum atomic E-state index is 14.1. The third-order valence-electron chi connectivity index (χ3n) is 5.37. The summed E-state index contributed by atoms with van der Waals surface area (Å²) in [5.41, 5.74) is -0.287. The van der Waals surface area contributed by atoms with E-state index in [-0.39, 0.29) is 23.8 Å². The van der Waals surface area contributed by atoms with Crippen molar-refractivity contribution in [3.05, 3.63) is 24.1 Å². The summed E-state index contributed by atoms with van der Waals surface area (Å²) in [7, 11) is 2.02. The zero-order chi connectivity index (χ0) is 18.0. The van der Waals surface area contributed by atoms with Gasteiger partial charge in [0.05, 0.1) is 0 Å². The Morgan fingerprint density at radius 2 is 2.16 bits per heavy atom. The Hall–Kier alpha value is -2.22. The lowest BCUT2D eigenvalue weighted by molar-refractivity contribution is -0.144. The molecule has 3 rings (SSSR count). The van der Waals surface area contributed by atoms with Gasteiger partial charge in [-0.05, 0) is 32.0 Å². The van der Waals surface area contributed by atoms with Crippen LogP contribution in [0.4, 0.5) is 10.2 Å². The third kappa shape index (κ3) is 3.58. The summed E-state index contributed by atoms with van der Waals surface area (Å²) in [5, 5.41) is 8.99. The highest BCUT2D eigenvalue weighted by Crippen LogP contribution is 2.34. The monoisotopic (exact) mass is 350 g/mol. The number of carbonyl (C=O) groups is 2. The van der Waals surface area contributed by atoms with E-state index in [1.807, 2.05) is 11.9 Å². The molecular weight excluding hydrogens is 327 g/mol. The molecule has 25 heavy (non-hydrogen) atoms. The molecule has 0 unspecified atom stereocenters. The summed E-state index contributed by atoms with van der Waals surface area (Å²) in [6, 6.07) is 2.97. The minimum absolute atomic E-state index is 0.131. The van der Waals surface area contributed by atoms with Gasteiger partial charge in [0.25, 0.3) is 0 Å². The van der Waals surface area contributed by atoms with Gasteiger partial charge in [-0.15, -0.1) is 0 Å². The fourth-order valence-electron chi connectivity index (χ4n) is 3.81. The Bertz CT molecular complexity index is 671. The average Bonchev–Trinajstić information content (AvgIpc) is 2.72. The van der Waals surface area contributed by atoms with Crippen molar-refractivity contribution >= 4 is 17.7 Å². The molecular formula is C17H23FN4O3. The third-order valence-corrected chi connectivity index (χ3v) is 5.37. The number of amides is 1. The van der Waals surface area contributed by atoms with Crippen molar-refractivity contribution in [1.29, 1.82) is 0 Å². The number of carboxylic acid groups (broad SMARTS) is 1. The van der Waals surface area contributed by atoms with Crippen molar-refractivity contribution in [1.82, 2.24) is 14.8 Å². The highest BCUT2D eigenvalue weighted by Gasteiger charge is 2.43. The van der Waals surface area contributed by atoms with E-state index in [2.05, 4.69) is 9.88 Å². The summed E-state index contributed by atoms with van der Waals surface area (Å²) in [4.78, 5) is 33.0. The van der Waals surface area contributed by atoms with Crippen LogP contribution >= 0.6 is 0 Å². The van der Waals surface area contributed by atoms with E-state index < -0.39 is 5.97 Å². The second kappa shape index (κ2) is 6.95. The first-order valence-electron chi connectivity index (χ1n) is 8.47. The van der Waals surface area contributed by atoms with Crippen LogP contribution in [-0.2, 0) is 9.59 Å². The Labute approximate surface area is 146 Å². The van der Waals surface area contributed by atoms with Gasteiger partial charge in [0.15, 0.2) is 11.6 Å². The fraction of sp³-hybridized carbons (Fsp3) is 0.588. The highest BCUT2D eigenvalue weighted by molar-refractivity contribution is 5.81. The van der Waals surface area contributed by atoms with Crippen LogP contribution in [0.15, 0.2) is 18.3 Å². The van der Waals surface area contributed by atoms with E-state index in [1.54, 1.807) is 12.3 Å². The summed E-state index contributed by atoms with van der Waals surface area (Å²) < 4.78 is 14.1.